The second-order valence-electron chi connectivity index (χ2n) is 4.98. The number of ether oxygens (including phenoxy) is 1. The maximum absolute atomic E-state index is 5.18. The molecule has 0 bridgehead atoms. The molecule has 0 radical (unpaired) electrons. The molecule has 3 rings (SSSR count). The van der Waals surface area contributed by atoms with Crippen LogP contribution in [0.5, 0.6) is 0 Å². The van der Waals surface area contributed by atoms with E-state index in [-0.39, 0.29) is 6.04 Å². The van der Waals surface area contributed by atoms with Gasteiger partial charge in [0.15, 0.2) is 5.65 Å². The van der Waals surface area contributed by atoms with Crippen LogP contribution in [0.3, 0.4) is 0 Å². The van der Waals surface area contributed by atoms with Gasteiger partial charge in [-0.2, -0.15) is 5.10 Å². The van der Waals surface area contributed by atoms with Crippen molar-refractivity contribution in [3.63, 3.8) is 0 Å². The maximum atomic E-state index is 5.18. The van der Waals surface area contributed by atoms with Gasteiger partial charge in [0.25, 0.3) is 0 Å². The highest BCUT2D eigenvalue weighted by Gasteiger charge is 2.22. The molecule has 1 saturated heterocycles. The van der Waals surface area contributed by atoms with E-state index in [1.165, 1.54) is 5.56 Å². The Balaban J connectivity index is 1.92. The Labute approximate surface area is 106 Å². The molecule has 2 aromatic heterocycles. The second kappa shape index (κ2) is 4.33. The number of hydrogen-bond donors (Lipinski definition) is 1. The molecule has 1 N–H and O–H groups in total. The van der Waals surface area contributed by atoms with E-state index in [0.717, 1.165) is 30.2 Å². The number of fused-ring (bicyclic) bond motifs is 1. The minimum atomic E-state index is 0.264. The minimum Gasteiger partial charge on any atom is -0.378 e. The Hall–Kier alpha value is -1.46. The van der Waals surface area contributed by atoms with Crippen LogP contribution in [0.25, 0.3) is 5.65 Å². The fourth-order valence-electron chi connectivity index (χ4n) is 2.38. The van der Waals surface area contributed by atoms with Crippen molar-refractivity contribution < 1.29 is 4.74 Å². The molecule has 3 heterocycles. The molecule has 18 heavy (non-hydrogen) atoms. The first-order chi connectivity index (χ1) is 8.65. The van der Waals surface area contributed by atoms with Crippen molar-refractivity contribution in [3.05, 3.63) is 29.2 Å². The first kappa shape index (κ1) is 11.6. The highest BCUT2D eigenvalue weighted by Crippen LogP contribution is 2.19. The van der Waals surface area contributed by atoms with Crippen LogP contribution in [0.1, 0.15) is 29.9 Å². The number of nitrogens with one attached hydrogen (secondary N) is 1. The van der Waals surface area contributed by atoms with Gasteiger partial charge in [0, 0.05) is 29.6 Å². The number of nitrogens with zero attached hydrogens (tertiary/aromatic N) is 3. The first-order valence-electron chi connectivity index (χ1n) is 6.31. The number of aryl methyl sites for hydroxylation is 2. The Morgan fingerprint density at radius 1 is 1.44 bits per heavy atom. The van der Waals surface area contributed by atoms with Crippen molar-refractivity contribution in [1.82, 2.24) is 19.9 Å². The third-order valence-electron chi connectivity index (χ3n) is 3.47. The molecule has 1 aliphatic rings. The maximum Gasteiger partial charge on any atom is 0.155 e. The van der Waals surface area contributed by atoms with Crippen molar-refractivity contribution >= 4 is 5.65 Å². The zero-order valence-corrected chi connectivity index (χ0v) is 11.0. The summed E-state index contributed by atoms with van der Waals surface area (Å²) in [6.45, 7) is 7.84. The topological polar surface area (TPSA) is 51.5 Å². The van der Waals surface area contributed by atoms with Crippen LogP contribution in [0.2, 0.25) is 0 Å². The smallest absolute Gasteiger partial charge is 0.155 e. The summed E-state index contributed by atoms with van der Waals surface area (Å²) >= 11 is 0. The molecular weight excluding hydrogens is 228 g/mol. The summed E-state index contributed by atoms with van der Waals surface area (Å²) in [6.07, 6.45) is 1.95. The molecule has 1 fully saturated rings. The summed E-state index contributed by atoms with van der Waals surface area (Å²) in [5.41, 5.74) is 4.24. The predicted octanol–water partition coefficient (Wildman–Crippen LogP) is 1.40. The highest BCUT2D eigenvalue weighted by atomic mass is 16.5. The van der Waals surface area contributed by atoms with Crippen molar-refractivity contribution in [1.29, 1.82) is 0 Å². The van der Waals surface area contributed by atoms with E-state index >= 15 is 0 Å². The zero-order valence-electron chi connectivity index (χ0n) is 11.0. The molecule has 0 spiro atoms. The third-order valence-corrected chi connectivity index (χ3v) is 3.47. The van der Waals surface area contributed by atoms with E-state index in [9.17, 15) is 0 Å². The molecule has 1 atom stereocenters. The Bertz CT molecular complexity index is 574. The average Bonchev–Trinajstić information content (AvgIpc) is 2.65. The molecule has 2 aromatic rings. The van der Waals surface area contributed by atoms with Gasteiger partial charge in [-0.3, -0.25) is 0 Å². The lowest BCUT2D eigenvalue weighted by atomic mass is 10.1. The summed E-state index contributed by atoms with van der Waals surface area (Å²) in [6, 6.07) is 2.73. The molecule has 5 nitrogen and oxygen atoms in total. The summed E-state index contributed by atoms with van der Waals surface area (Å²) < 4.78 is 7.10. The van der Waals surface area contributed by atoms with E-state index in [0.29, 0.717) is 6.04 Å². The van der Waals surface area contributed by atoms with Gasteiger partial charge < -0.3 is 10.1 Å². The quantitative estimate of drug-likeness (QED) is 0.889. The molecule has 96 valence electrons. The van der Waals surface area contributed by atoms with Crippen LogP contribution in [0, 0.1) is 13.8 Å². The third kappa shape index (κ3) is 1.89. The van der Waals surface area contributed by atoms with Crippen LogP contribution in [-0.4, -0.2) is 33.9 Å². The lowest BCUT2D eigenvalue weighted by molar-refractivity contribution is -0.00931. The van der Waals surface area contributed by atoms with Crippen LogP contribution in [0.4, 0.5) is 0 Å². The van der Waals surface area contributed by atoms with Gasteiger partial charge in [0.05, 0.1) is 24.9 Å². The van der Waals surface area contributed by atoms with E-state index in [1.54, 1.807) is 0 Å². The molecule has 0 aromatic carbocycles. The van der Waals surface area contributed by atoms with Crippen LogP contribution in [-0.2, 0) is 4.74 Å². The zero-order chi connectivity index (χ0) is 12.7. The lowest BCUT2D eigenvalue weighted by Gasteiger charge is -2.30. The van der Waals surface area contributed by atoms with Crippen LogP contribution in [0.15, 0.2) is 12.3 Å². The number of hydrogen-bond acceptors (Lipinski definition) is 4. The van der Waals surface area contributed by atoms with Gasteiger partial charge in [-0.05, 0) is 20.8 Å². The monoisotopic (exact) mass is 246 g/mol. The van der Waals surface area contributed by atoms with Crippen LogP contribution < -0.4 is 5.32 Å². The second-order valence-corrected chi connectivity index (χ2v) is 4.98. The minimum absolute atomic E-state index is 0.264. The Morgan fingerprint density at radius 2 is 2.22 bits per heavy atom. The van der Waals surface area contributed by atoms with Gasteiger partial charge >= 0.3 is 0 Å². The van der Waals surface area contributed by atoms with Crippen molar-refractivity contribution in [2.24, 2.45) is 0 Å². The normalized spacial score (nSPS) is 17.9. The van der Waals surface area contributed by atoms with Gasteiger partial charge in [0.1, 0.15) is 0 Å². The molecular formula is C13H18N4O. The molecule has 5 heteroatoms. The van der Waals surface area contributed by atoms with Crippen LogP contribution >= 0.6 is 0 Å². The number of rotatable bonds is 3. The Morgan fingerprint density at radius 3 is 2.89 bits per heavy atom. The van der Waals surface area contributed by atoms with Crippen molar-refractivity contribution in [2.45, 2.75) is 32.9 Å². The SMILES string of the molecule is Cc1cc2ncc(C(C)NC3COC3)c(C)n2n1. The largest absolute Gasteiger partial charge is 0.378 e. The molecule has 0 aliphatic carbocycles. The van der Waals surface area contributed by atoms with Gasteiger partial charge in [-0.15, -0.1) is 0 Å². The predicted molar refractivity (Wildman–Crippen MR) is 68.6 cm³/mol. The summed E-state index contributed by atoms with van der Waals surface area (Å²) in [5.74, 6) is 0. The van der Waals surface area contributed by atoms with Gasteiger partial charge in [0.2, 0.25) is 0 Å². The molecule has 0 saturated carbocycles. The van der Waals surface area contributed by atoms with E-state index in [1.807, 2.05) is 23.7 Å². The molecule has 1 aliphatic heterocycles. The summed E-state index contributed by atoms with van der Waals surface area (Å²) in [7, 11) is 0. The van der Waals surface area contributed by atoms with Crippen molar-refractivity contribution in [2.75, 3.05) is 13.2 Å². The molecule has 1 unspecified atom stereocenters. The molecule has 0 amide bonds. The lowest BCUT2D eigenvalue weighted by Crippen LogP contribution is -2.46. The van der Waals surface area contributed by atoms with Gasteiger partial charge in [-0.1, -0.05) is 0 Å². The van der Waals surface area contributed by atoms with E-state index < -0.39 is 0 Å². The van der Waals surface area contributed by atoms with Gasteiger partial charge in [-0.25, -0.2) is 9.50 Å². The van der Waals surface area contributed by atoms with E-state index in [2.05, 4.69) is 29.2 Å². The standard InChI is InChI=1S/C13H18N4O/c1-8-4-13-14-5-12(10(3)17(13)16-8)9(2)15-11-6-18-7-11/h4-5,9,11,15H,6-7H2,1-3H3. The number of aromatic nitrogens is 3. The average molecular weight is 246 g/mol. The first-order valence-corrected chi connectivity index (χ1v) is 6.31. The fourth-order valence-corrected chi connectivity index (χ4v) is 2.38. The van der Waals surface area contributed by atoms with Crippen molar-refractivity contribution in [3.8, 4) is 0 Å². The summed E-state index contributed by atoms with van der Waals surface area (Å²) in [5, 5.41) is 8.01. The summed E-state index contributed by atoms with van der Waals surface area (Å²) in [4.78, 5) is 4.46. The fraction of sp³-hybridized carbons (Fsp3) is 0.538. The Kier molecular flexibility index (Phi) is 2.80. The highest BCUT2D eigenvalue weighted by molar-refractivity contribution is 5.42. The van der Waals surface area contributed by atoms with E-state index in [4.69, 9.17) is 4.74 Å².